The van der Waals surface area contributed by atoms with E-state index in [1.54, 1.807) is 24.3 Å². The second kappa shape index (κ2) is 7.47. The number of nitrogens with two attached hydrogens (primary N) is 1. The molecule has 1 aliphatic carbocycles. The molecule has 0 bridgehead atoms. The summed E-state index contributed by atoms with van der Waals surface area (Å²) in [6.45, 7) is 2.70. The van der Waals surface area contributed by atoms with E-state index in [4.69, 9.17) is 10.5 Å². The van der Waals surface area contributed by atoms with Crippen molar-refractivity contribution in [2.24, 2.45) is 5.73 Å². The van der Waals surface area contributed by atoms with Gasteiger partial charge in [0.1, 0.15) is 5.75 Å². The zero-order valence-electron chi connectivity index (χ0n) is 13.4. The average molecular weight is 325 g/mol. The number of unbranched alkanes of at least 4 members (excludes halogenated alkanes) is 1. The summed E-state index contributed by atoms with van der Waals surface area (Å²) < 4.78 is 30.9. The highest BCUT2D eigenvalue weighted by Crippen LogP contribution is 2.29. The molecule has 0 aliphatic heterocycles. The van der Waals surface area contributed by atoms with Gasteiger partial charge in [-0.1, -0.05) is 38.7 Å². The van der Waals surface area contributed by atoms with Crippen molar-refractivity contribution in [2.45, 2.75) is 62.3 Å². The van der Waals surface area contributed by atoms with Crippen LogP contribution in [-0.4, -0.2) is 26.3 Å². The van der Waals surface area contributed by atoms with E-state index >= 15 is 0 Å². The van der Waals surface area contributed by atoms with Gasteiger partial charge in [0.25, 0.3) is 0 Å². The Morgan fingerprint density at radius 2 is 1.95 bits per heavy atom. The molecular formula is C17H27NO3S. The van der Waals surface area contributed by atoms with E-state index in [1.165, 1.54) is 0 Å². The minimum Gasteiger partial charge on any atom is -0.494 e. The molecule has 0 aromatic heterocycles. The van der Waals surface area contributed by atoms with Crippen LogP contribution in [0, 0.1) is 0 Å². The van der Waals surface area contributed by atoms with E-state index in [-0.39, 0.29) is 5.75 Å². The molecule has 124 valence electrons. The second-order valence-corrected chi connectivity index (χ2v) is 8.35. The zero-order valence-corrected chi connectivity index (χ0v) is 14.2. The van der Waals surface area contributed by atoms with Crippen LogP contribution in [0.15, 0.2) is 29.2 Å². The van der Waals surface area contributed by atoms with Crippen molar-refractivity contribution in [3.8, 4) is 5.75 Å². The fraction of sp³-hybridized carbons (Fsp3) is 0.647. The van der Waals surface area contributed by atoms with Gasteiger partial charge >= 0.3 is 0 Å². The van der Waals surface area contributed by atoms with Gasteiger partial charge in [0.15, 0.2) is 9.84 Å². The molecule has 1 fully saturated rings. The van der Waals surface area contributed by atoms with Gasteiger partial charge in [0.2, 0.25) is 0 Å². The summed E-state index contributed by atoms with van der Waals surface area (Å²) in [6.07, 6.45) is 6.78. The van der Waals surface area contributed by atoms with Crippen LogP contribution in [-0.2, 0) is 9.84 Å². The topological polar surface area (TPSA) is 69.4 Å². The Hall–Kier alpha value is -1.07. The summed E-state index contributed by atoms with van der Waals surface area (Å²) in [5, 5.41) is 0. The van der Waals surface area contributed by atoms with Gasteiger partial charge in [0.05, 0.1) is 17.3 Å². The first-order chi connectivity index (χ1) is 10.5. The molecule has 2 N–H and O–H groups in total. The highest BCUT2D eigenvalue weighted by Gasteiger charge is 2.33. The fourth-order valence-corrected chi connectivity index (χ4v) is 4.75. The summed E-state index contributed by atoms with van der Waals surface area (Å²) in [6, 6.07) is 6.79. The second-order valence-electron chi connectivity index (χ2n) is 6.36. The third kappa shape index (κ3) is 4.71. The number of rotatable bonds is 7. The molecule has 5 heteroatoms. The van der Waals surface area contributed by atoms with Crippen molar-refractivity contribution in [2.75, 3.05) is 12.4 Å². The van der Waals surface area contributed by atoms with Crippen molar-refractivity contribution in [3.63, 3.8) is 0 Å². The fourth-order valence-electron chi connectivity index (χ4n) is 2.95. The SMILES string of the molecule is CCCCOc1cccc(S(=O)(=O)CC2(N)CCCCC2)c1. The number of benzene rings is 1. The minimum atomic E-state index is -3.38. The largest absolute Gasteiger partial charge is 0.494 e. The van der Waals surface area contributed by atoms with Crippen molar-refractivity contribution in [1.29, 1.82) is 0 Å². The maximum absolute atomic E-state index is 12.7. The Morgan fingerprint density at radius 1 is 1.23 bits per heavy atom. The van der Waals surface area contributed by atoms with E-state index in [0.717, 1.165) is 44.9 Å². The number of ether oxygens (including phenoxy) is 1. The molecule has 0 unspecified atom stereocenters. The highest BCUT2D eigenvalue weighted by atomic mass is 32.2. The molecule has 0 amide bonds. The summed E-state index contributed by atoms with van der Waals surface area (Å²) in [7, 11) is -3.38. The molecule has 0 atom stereocenters. The molecule has 4 nitrogen and oxygen atoms in total. The lowest BCUT2D eigenvalue weighted by Crippen LogP contribution is -2.47. The Morgan fingerprint density at radius 3 is 2.64 bits per heavy atom. The Kier molecular flexibility index (Phi) is 5.87. The molecule has 22 heavy (non-hydrogen) atoms. The van der Waals surface area contributed by atoms with Crippen LogP contribution in [0.4, 0.5) is 0 Å². The van der Waals surface area contributed by atoms with Crippen LogP contribution in [0.5, 0.6) is 5.75 Å². The normalized spacial score (nSPS) is 18.1. The van der Waals surface area contributed by atoms with Gasteiger partial charge in [-0.3, -0.25) is 0 Å². The first kappa shape index (κ1) is 17.3. The molecule has 2 rings (SSSR count). The van der Waals surface area contributed by atoms with Crippen molar-refractivity contribution in [3.05, 3.63) is 24.3 Å². The molecule has 0 saturated heterocycles. The molecule has 0 heterocycles. The highest BCUT2D eigenvalue weighted by molar-refractivity contribution is 7.91. The summed E-state index contributed by atoms with van der Waals surface area (Å²) >= 11 is 0. The van der Waals surface area contributed by atoms with Crippen molar-refractivity contribution >= 4 is 9.84 Å². The third-order valence-electron chi connectivity index (χ3n) is 4.26. The predicted molar refractivity (Wildman–Crippen MR) is 88.9 cm³/mol. The van der Waals surface area contributed by atoms with Gasteiger partial charge in [-0.05, 0) is 37.5 Å². The lowest BCUT2D eigenvalue weighted by atomic mass is 9.84. The Labute approximate surface area is 134 Å². The molecule has 1 aliphatic rings. The number of hydrogen-bond acceptors (Lipinski definition) is 4. The van der Waals surface area contributed by atoms with E-state index in [1.807, 2.05) is 0 Å². The van der Waals surface area contributed by atoms with Crippen molar-refractivity contribution < 1.29 is 13.2 Å². The standard InChI is InChI=1S/C17H27NO3S/c1-2-3-12-21-15-8-7-9-16(13-15)22(19,20)14-17(18)10-5-4-6-11-17/h7-9,13H,2-6,10-12,14,18H2,1H3. The Bertz CT molecular complexity index is 577. The lowest BCUT2D eigenvalue weighted by Gasteiger charge is -2.33. The van der Waals surface area contributed by atoms with Gasteiger partial charge in [0, 0.05) is 5.54 Å². The lowest BCUT2D eigenvalue weighted by molar-refractivity contribution is 0.308. The van der Waals surface area contributed by atoms with Crippen LogP contribution in [0.3, 0.4) is 0 Å². The van der Waals surface area contributed by atoms with E-state index < -0.39 is 15.4 Å². The van der Waals surface area contributed by atoms with Gasteiger partial charge in [-0.15, -0.1) is 0 Å². The van der Waals surface area contributed by atoms with Crippen molar-refractivity contribution in [1.82, 2.24) is 0 Å². The molecule has 1 aromatic rings. The molecule has 0 spiro atoms. The van der Waals surface area contributed by atoms with E-state index in [0.29, 0.717) is 17.3 Å². The van der Waals surface area contributed by atoms with Crippen LogP contribution in [0.2, 0.25) is 0 Å². The van der Waals surface area contributed by atoms with Crippen LogP contribution in [0.25, 0.3) is 0 Å². The smallest absolute Gasteiger partial charge is 0.180 e. The third-order valence-corrected chi connectivity index (χ3v) is 6.19. The maximum atomic E-state index is 12.7. The van der Waals surface area contributed by atoms with Gasteiger partial charge < -0.3 is 10.5 Å². The molecule has 1 saturated carbocycles. The van der Waals surface area contributed by atoms with Gasteiger partial charge in [-0.25, -0.2) is 8.42 Å². The molecule has 0 radical (unpaired) electrons. The summed E-state index contributed by atoms with van der Waals surface area (Å²) in [5.41, 5.74) is 5.74. The summed E-state index contributed by atoms with van der Waals surface area (Å²) in [5.74, 6) is 0.641. The number of hydrogen-bond donors (Lipinski definition) is 1. The minimum absolute atomic E-state index is 0.0262. The monoisotopic (exact) mass is 325 g/mol. The van der Waals surface area contributed by atoms with E-state index in [2.05, 4.69) is 6.92 Å². The van der Waals surface area contributed by atoms with E-state index in [9.17, 15) is 8.42 Å². The zero-order chi connectivity index (χ0) is 16.1. The van der Waals surface area contributed by atoms with Crippen LogP contribution in [0.1, 0.15) is 51.9 Å². The Balaban J connectivity index is 2.09. The molecular weight excluding hydrogens is 298 g/mol. The van der Waals surface area contributed by atoms with Crippen LogP contribution < -0.4 is 10.5 Å². The first-order valence-electron chi connectivity index (χ1n) is 8.20. The quantitative estimate of drug-likeness (QED) is 0.781. The average Bonchev–Trinajstić information content (AvgIpc) is 2.47. The first-order valence-corrected chi connectivity index (χ1v) is 9.85. The number of sulfone groups is 1. The predicted octanol–water partition coefficient (Wildman–Crippen LogP) is 3.30. The van der Waals surface area contributed by atoms with Crippen LogP contribution >= 0.6 is 0 Å². The van der Waals surface area contributed by atoms with Gasteiger partial charge in [-0.2, -0.15) is 0 Å². The maximum Gasteiger partial charge on any atom is 0.180 e. The summed E-state index contributed by atoms with van der Waals surface area (Å²) in [4.78, 5) is 0.317. The molecule has 1 aromatic carbocycles.